The Morgan fingerprint density at radius 1 is 0.469 bits per heavy atom. The number of esters is 1. The molecule has 0 aliphatic carbocycles. The van der Waals surface area contributed by atoms with Gasteiger partial charge in [0.25, 0.3) is 0 Å². The molecule has 0 heterocycles. The summed E-state index contributed by atoms with van der Waals surface area (Å²) in [6.45, 7) is 6.79. The van der Waals surface area contributed by atoms with E-state index in [1.165, 1.54) is 135 Å². The van der Waals surface area contributed by atoms with Gasteiger partial charge in [-0.05, 0) is 32.1 Å². The molecule has 0 aliphatic heterocycles. The van der Waals surface area contributed by atoms with Gasteiger partial charge in [-0.3, -0.25) is 4.79 Å². The van der Waals surface area contributed by atoms with E-state index < -0.39 is 0 Å². The minimum atomic E-state index is 0.0561. The van der Waals surface area contributed by atoms with Crippen LogP contribution >= 0.6 is 0 Å². The molecule has 1 atom stereocenters. The van der Waals surface area contributed by atoms with Crippen molar-refractivity contribution in [2.45, 2.75) is 187 Å². The molecular formula is C30H60O2. The lowest BCUT2D eigenvalue weighted by molar-refractivity contribution is -0.150. The first-order valence-electron chi connectivity index (χ1n) is 14.9. The standard InChI is InChI=1S/C30H60O2/c1-4-7-10-12-14-15-16-17-18-19-20-22-25-28-30(31)32-29(26-23-9-6-3)27-24-21-13-11-8-5-2/h29H,4-28H2,1-3H3. The van der Waals surface area contributed by atoms with Crippen molar-refractivity contribution in [3.05, 3.63) is 0 Å². The number of carbonyl (C=O) groups excluding carboxylic acids is 1. The monoisotopic (exact) mass is 452 g/mol. The lowest BCUT2D eigenvalue weighted by Crippen LogP contribution is -2.18. The maximum absolute atomic E-state index is 12.3. The molecule has 2 heteroatoms. The molecule has 192 valence electrons. The van der Waals surface area contributed by atoms with Gasteiger partial charge >= 0.3 is 5.97 Å². The van der Waals surface area contributed by atoms with Crippen LogP contribution in [0.15, 0.2) is 0 Å². The average Bonchev–Trinajstić information content (AvgIpc) is 2.79. The highest BCUT2D eigenvalue weighted by atomic mass is 16.5. The Kier molecular flexibility index (Phi) is 26.3. The Morgan fingerprint density at radius 2 is 0.781 bits per heavy atom. The summed E-state index contributed by atoms with van der Waals surface area (Å²) in [6, 6.07) is 0. The fourth-order valence-corrected chi connectivity index (χ4v) is 4.57. The van der Waals surface area contributed by atoms with Gasteiger partial charge < -0.3 is 4.74 Å². The highest BCUT2D eigenvalue weighted by molar-refractivity contribution is 5.69. The van der Waals surface area contributed by atoms with Gasteiger partial charge in [0, 0.05) is 6.42 Å². The molecule has 2 nitrogen and oxygen atoms in total. The van der Waals surface area contributed by atoms with Crippen LogP contribution in [0.25, 0.3) is 0 Å². The Morgan fingerprint density at radius 3 is 1.22 bits per heavy atom. The number of ether oxygens (including phenoxy) is 1. The normalized spacial score (nSPS) is 12.2. The van der Waals surface area contributed by atoms with E-state index in [4.69, 9.17) is 4.74 Å². The molecule has 0 amide bonds. The summed E-state index contributed by atoms with van der Waals surface area (Å²) in [5.74, 6) is 0.0561. The largest absolute Gasteiger partial charge is 0.462 e. The molecule has 0 spiro atoms. The van der Waals surface area contributed by atoms with Crippen LogP contribution in [0.2, 0.25) is 0 Å². The fraction of sp³-hybridized carbons (Fsp3) is 0.967. The first kappa shape index (κ1) is 31.5. The Labute approximate surface area is 203 Å². The summed E-state index contributed by atoms with van der Waals surface area (Å²) >= 11 is 0. The molecule has 0 aromatic carbocycles. The van der Waals surface area contributed by atoms with E-state index in [1.807, 2.05) is 0 Å². The number of carbonyl (C=O) groups is 1. The van der Waals surface area contributed by atoms with E-state index in [2.05, 4.69) is 20.8 Å². The van der Waals surface area contributed by atoms with Gasteiger partial charge in [-0.1, -0.05) is 143 Å². The molecule has 0 bridgehead atoms. The highest BCUT2D eigenvalue weighted by Crippen LogP contribution is 2.18. The zero-order chi connectivity index (χ0) is 23.5. The smallest absolute Gasteiger partial charge is 0.306 e. The van der Waals surface area contributed by atoms with Gasteiger partial charge in [0.2, 0.25) is 0 Å². The SMILES string of the molecule is CCCCCCCCCCCCCCCC(=O)OC(CCCCC)CCCCCCCC. The van der Waals surface area contributed by atoms with Gasteiger partial charge in [0.15, 0.2) is 0 Å². The van der Waals surface area contributed by atoms with E-state index in [0.717, 1.165) is 19.3 Å². The van der Waals surface area contributed by atoms with E-state index in [-0.39, 0.29) is 12.1 Å². The van der Waals surface area contributed by atoms with E-state index >= 15 is 0 Å². The first-order valence-corrected chi connectivity index (χ1v) is 14.9. The summed E-state index contributed by atoms with van der Waals surface area (Å²) in [5, 5.41) is 0. The van der Waals surface area contributed by atoms with E-state index in [1.54, 1.807) is 0 Å². The minimum absolute atomic E-state index is 0.0561. The predicted octanol–water partition coefficient (Wildman–Crippen LogP) is 10.7. The van der Waals surface area contributed by atoms with Crippen molar-refractivity contribution in [2.24, 2.45) is 0 Å². The molecule has 0 aromatic rings. The zero-order valence-electron chi connectivity index (χ0n) is 22.6. The van der Waals surface area contributed by atoms with Crippen LogP contribution in [0.1, 0.15) is 181 Å². The van der Waals surface area contributed by atoms with Gasteiger partial charge in [0.05, 0.1) is 0 Å². The van der Waals surface area contributed by atoms with E-state index in [9.17, 15) is 4.79 Å². The van der Waals surface area contributed by atoms with Crippen LogP contribution in [-0.4, -0.2) is 12.1 Å². The van der Waals surface area contributed by atoms with Crippen LogP contribution in [0.4, 0.5) is 0 Å². The quantitative estimate of drug-likeness (QED) is 0.0963. The van der Waals surface area contributed by atoms with Crippen molar-refractivity contribution in [3.63, 3.8) is 0 Å². The number of rotatable bonds is 26. The molecule has 0 saturated heterocycles. The number of unbranched alkanes of at least 4 members (excludes halogenated alkanes) is 19. The van der Waals surface area contributed by atoms with Crippen LogP contribution in [0.3, 0.4) is 0 Å². The molecular weight excluding hydrogens is 392 g/mol. The predicted molar refractivity (Wildman–Crippen MR) is 142 cm³/mol. The topological polar surface area (TPSA) is 26.3 Å². The molecule has 0 rings (SSSR count). The third kappa shape index (κ3) is 24.1. The molecule has 0 aliphatic rings. The zero-order valence-corrected chi connectivity index (χ0v) is 22.6. The number of hydrogen-bond donors (Lipinski definition) is 0. The molecule has 32 heavy (non-hydrogen) atoms. The maximum atomic E-state index is 12.3. The third-order valence-corrected chi connectivity index (χ3v) is 6.79. The summed E-state index contributed by atoms with van der Waals surface area (Å²) < 4.78 is 5.89. The van der Waals surface area contributed by atoms with Crippen LogP contribution in [0.5, 0.6) is 0 Å². The second-order valence-corrected chi connectivity index (χ2v) is 10.2. The fourth-order valence-electron chi connectivity index (χ4n) is 4.57. The lowest BCUT2D eigenvalue weighted by atomic mass is 10.0. The maximum Gasteiger partial charge on any atom is 0.306 e. The van der Waals surface area contributed by atoms with Crippen molar-refractivity contribution in [1.82, 2.24) is 0 Å². The molecule has 1 unspecified atom stereocenters. The van der Waals surface area contributed by atoms with Crippen LogP contribution in [0, 0.1) is 0 Å². The van der Waals surface area contributed by atoms with Gasteiger partial charge in [0.1, 0.15) is 6.10 Å². The van der Waals surface area contributed by atoms with Gasteiger partial charge in [-0.25, -0.2) is 0 Å². The second kappa shape index (κ2) is 26.7. The van der Waals surface area contributed by atoms with Crippen molar-refractivity contribution in [3.8, 4) is 0 Å². The van der Waals surface area contributed by atoms with Gasteiger partial charge in [-0.15, -0.1) is 0 Å². The Bertz CT molecular complexity index is 366. The Hall–Kier alpha value is -0.530. The summed E-state index contributed by atoms with van der Waals surface area (Å²) in [7, 11) is 0. The molecule has 0 fully saturated rings. The van der Waals surface area contributed by atoms with Crippen LogP contribution < -0.4 is 0 Å². The van der Waals surface area contributed by atoms with Crippen molar-refractivity contribution in [2.75, 3.05) is 0 Å². The summed E-state index contributed by atoms with van der Waals surface area (Å²) in [6.07, 6.45) is 31.9. The number of hydrogen-bond acceptors (Lipinski definition) is 2. The van der Waals surface area contributed by atoms with Crippen molar-refractivity contribution < 1.29 is 9.53 Å². The summed E-state index contributed by atoms with van der Waals surface area (Å²) in [4.78, 5) is 12.3. The second-order valence-electron chi connectivity index (χ2n) is 10.2. The van der Waals surface area contributed by atoms with Crippen LogP contribution in [-0.2, 0) is 9.53 Å². The van der Waals surface area contributed by atoms with E-state index in [0.29, 0.717) is 6.42 Å². The minimum Gasteiger partial charge on any atom is -0.462 e. The third-order valence-electron chi connectivity index (χ3n) is 6.79. The van der Waals surface area contributed by atoms with Crippen molar-refractivity contribution in [1.29, 1.82) is 0 Å². The molecule has 0 aromatic heterocycles. The summed E-state index contributed by atoms with van der Waals surface area (Å²) in [5.41, 5.74) is 0. The lowest BCUT2D eigenvalue weighted by Gasteiger charge is -2.18. The first-order chi connectivity index (χ1) is 15.7. The molecule has 0 N–H and O–H groups in total. The molecule has 0 radical (unpaired) electrons. The van der Waals surface area contributed by atoms with Gasteiger partial charge in [-0.2, -0.15) is 0 Å². The Balaban J connectivity index is 3.68. The van der Waals surface area contributed by atoms with Crippen molar-refractivity contribution >= 4 is 5.97 Å². The molecule has 0 saturated carbocycles. The average molecular weight is 453 g/mol. The highest BCUT2D eigenvalue weighted by Gasteiger charge is 2.14.